The third-order valence-electron chi connectivity index (χ3n) is 1.48. The van der Waals surface area contributed by atoms with Gasteiger partial charge in [-0.15, -0.1) is 0 Å². The fraction of sp³-hybridized carbons (Fsp3) is 1.00. The highest BCUT2D eigenvalue weighted by Gasteiger charge is 2.18. The summed E-state index contributed by atoms with van der Waals surface area (Å²) in [5.74, 6) is 0. The maximum atomic E-state index is 8.81. The quantitative estimate of drug-likeness (QED) is 0.652. The molecule has 0 saturated heterocycles. The average molecular weight is 146 g/mol. The van der Waals surface area contributed by atoms with E-state index in [0.717, 1.165) is 6.42 Å². The van der Waals surface area contributed by atoms with Gasteiger partial charge in [0.15, 0.2) is 0 Å². The Labute approximate surface area is 63.2 Å². The third-order valence-corrected chi connectivity index (χ3v) is 1.48. The molecule has 0 aromatic heterocycles. The van der Waals surface area contributed by atoms with Crippen molar-refractivity contribution in [2.75, 3.05) is 6.61 Å². The van der Waals surface area contributed by atoms with Crippen LogP contribution < -0.4 is 0 Å². The van der Waals surface area contributed by atoms with Gasteiger partial charge in [-0.2, -0.15) is 0 Å². The van der Waals surface area contributed by atoms with Crippen LogP contribution in [0.2, 0.25) is 0 Å². The summed E-state index contributed by atoms with van der Waals surface area (Å²) >= 11 is 0. The first-order chi connectivity index (χ1) is 4.52. The third kappa shape index (κ3) is 3.85. The van der Waals surface area contributed by atoms with Crippen LogP contribution >= 0.6 is 0 Å². The Morgan fingerprint density at radius 3 is 2.30 bits per heavy atom. The molecular formula is C8H18O2. The molecule has 1 N–H and O–H groups in total. The van der Waals surface area contributed by atoms with E-state index >= 15 is 0 Å². The van der Waals surface area contributed by atoms with Crippen LogP contribution in [-0.4, -0.2) is 23.4 Å². The van der Waals surface area contributed by atoms with Crippen molar-refractivity contribution in [3.8, 4) is 0 Å². The lowest BCUT2D eigenvalue weighted by Crippen LogP contribution is -2.32. The minimum atomic E-state index is -0.380. The molecule has 0 aliphatic rings. The highest BCUT2D eigenvalue weighted by molar-refractivity contribution is 4.67. The lowest BCUT2D eigenvalue weighted by Gasteiger charge is -2.26. The van der Waals surface area contributed by atoms with Crippen LogP contribution in [0.4, 0.5) is 0 Å². The zero-order chi connectivity index (χ0) is 8.20. The smallest absolute Gasteiger partial charge is 0.0859 e. The summed E-state index contributed by atoms with van der Waals surface area (Å²) in [6.45, 7) is 7.94. The Hall–Kier alpha value is -0.0800. The molecule has 0 bridgehead atoms. The Balaban J connectivity index is 3.64. The Bertz CT molecular complexity index is 89.3. The molecule has 2 heteroatoms. The van der Waals surface area contributed by atoms with Gasteiger partial charge >= 0.3 is 0 Å². The lowest BCUT2D eigenvalue weighted by molar-refractivity contribution is -0.0916. The highest BCUT2D eigenvalue weighted by Crippen LogP contribution is 2.12. The van der Waals surface area contributed by atoms with Crippen LogP contribution in [0.25, 0.3) is 0 Å². The first-order valence-electron chi connectivity index (χ1n) is 3.80. The van der Waals surface area contributed by atoms with Gasteiger partial charge in [0.2, 0.25) is 0 Å². The second-order valence-corrected chi connectivity index (χ2v) is 3.25. The molecule has 1 atom stereocenters. The van der Waals surface area contributed by atoms with Crippen LogP contribution in [0.3, 0.4) is 0 Å². The normalized spacial score (nSPS) is 15.3. The monoisotopic (exact) mass is 146 g/mol. The molecule has 0 rings (SSSR count). The van der Waals surface area contributed by atoms with Crippen LogP contribution in [0.1, 0.15) is 34.1 Å². The van der Waals surface area contributed by atoms with Gasteiger partial charge in [-0.3, -0.25) is 0 Å². The molecular weight excluding hydrogens is 128 g/mol. The minimum absolute atomic E-state index is 0.0807. The molecule has 0 aromatic rings. The summed E-state index contributed by atoms with van der Waals surface area (Å²) in [6, 6.07) is 0. The van der Waals surface area contributed by atoms with Gasteiger partial charge in [0.05, 0.1) is 18.3 Å². The number of aliphatic hydroxyl groups excluding tert-OH is 1. The molecule has 0 aliphatic carbocycles. The molecule has 0 radical (unpaired) electrons. The zero-order valence-electron chi connectivity index (χ0n) is 7.35. The lowest BCUT2D eigenvalue weighted by atomic mass is 10.1. The summed E-state index contributed by atoms with van der Waals surface area (Å²) in [6.07, 6.45) is 1.23. The number of ether oxygens (including phenoxy) is 1. The van der Waals surface area contributed by atoms with E-state index in [1.165, 1.54) is 0 Å². The number of hydrogen-bond donors (Lipinski definition) is 1. The van der Waals surface area contributed by atoms with E-state index in [1.54, 1.807) is 0 Å². The van der Waals surface area contributed by atoms with Gasteiger partial charge in [-0.25, -0.2) is 0 Å². The molecule has 0 heterocycles. The highest BCUT2D eigenvalue weighted by atomic mass is 16.5. The van der Waals surface area contributed by atoms with Gasteiger partial charge in [0.1, 0.15) is 0 Å². The van der Waals surface area contributed by atoms with Gasteiger partial charge in [-0.1, -0.05) is 6.92 Å². The van der Waals surface area contributed by atoms with Crippen molar-refractivity contribution in [2.24, 2.45) is 0 Å². The summed E-state index contributed by atoms with van der Waals surface area (Å²) in [4.78, 5) is 0. The molecule has 0 aliphatic heterocycles. The maximum absolute atomic E-state index is 8.81. The number of rotatable bonds is 4. The van der Waals surface area contributed by atoms with Crippen molar-refractivity contribution in [1.82, 2.24) is 0 Å². The Morgan fingerprint density at radius 1 is 1.50 bits per heavy atom. The minimum Gasteiger partial charge on any atom is -0.393 e. The van der Waals surface area contributed by atoms with Crippen molar-refractivity contribution >= 4 is 0 Å². The van der Waals surface area contributed by atoms with E-state index in [0.29, 0.717) is 0 Å². The predicted molar refractivity (Wildman–Crippen MR) is 42.0 cm³/mol. The Morgan fingerprint density at radius 2 is 2.00 bits per heavy atom. The van der Waals surface area contributed by atoms with Crippen molar-refractivity contribution in [1.29, 1.82) is 0 Å². The summed E-state index contributed by atoms with van der Waals surface area (Å²) in [7, 11) is 0. The zero-order valence-corrected chi connectivity index (χ0v) is 7.35. The molecule has 10 heavy (non-hydrogen) atoms. The number of aliphatic hydroxyl groups is 1. The van der Waals surface area contributed by atoms with Crippen molar-refractivity contribution < 1.29 is 9.84 Å². The van der Waals surface area contributed by atoms with Crippen LogP contribution in [-0.2, 0) is 4.74 Å². The van der Waals surface area contributed by atoms with E-state index in [4.69, 9.17) is 9.84 Å². The molecule has 0 spiro atoms. The summed E-state index contributed by atoms with van der Waals surface area (Å²) < 4.78 is 5.49. The largest absolute Gasteiger partial charge is 0.393 e. The number of hydrogen-bond acceptors (Lipinski definition) is 2. The molecule has 0 unspecified atom stereocenters. The van der Waals surface area contributed by atoms with Crippen molar-refractivity contribution in [3.05, 3.63) is 0 Å². The topological polar surface area (TPSA) is 29.5 Å². The fourth-order valence-electron chi connectivity index (χ4n) is 0.665. The van der Waals surface area contributed by atoms with Gasteiger partial charge in [0, 0.05) is 0 Å². The van der Waals surface area contributed by atoms with E-state index in [2.05, 4.69) is 6.92 Å². The molecule has 62 valence electrons. The van der Waals surface area contributed by atoms with Gasteiger partial charge < -0.3 is 9.84 Å². The molecule has 0 fully saturated rings. The second kappa shape index (κ2) is 3.94. The fourth-order valence-corrected chi connectivity index (χ4v) is 0.665. The summed E-state index contributed by atoms with van der Waals surface area (Å²) in [5, 5.41) is 8.81. The standard InChI is InChI=1S/C8H18O2/c1-5-7(2)10-8(3,4)6-9/h7,9H,5-6H2,1-4H3/t7-/m1/s1. The van der Waals surface area contributed by atoms with Crippen molar-refractivity contribution in [2.45, 2.75) is 45.8 Å². The van der Waals surface area contributed by atoms with E-state index in [9.17, 15) is 0 Å². The summed E-state index contributed by atoms with van der Waals surface area (Å²) in [5.41, 5.74) is -0.380. The SMILES string of the molecule is CC[C@@H](C)OC(C)(C)CO. The average Bonchev–Trinajstić information content (AvgIpc) is 1.87. The van der Waals surface area contributed by atoms with Crippen LogP contribution in [0, 0.1) is 0 Å². The second-order valence-electron chi connectivity index (χ2n) is 3.25. The van der Waals surface area contributed by atoms with Crippen LogP contribution in [0.15, 0.2) is 0 Å². The predicted octanol–water partition coefficient (Wildman–Crippen LogP) is 1.57. The van der Waals surface area contributed by atoms with Crippen molar-refractivity contribution in [3.63, 3.8) is 0 Å². The molecule has 0 saturated carbocycles. The van der Waals surface area contributed by atoms with E-state index in [-0.39, 0.29) is 18.3 Å². The molecule has 0 amide bonds. The van der Waals surface area contributed by atoms with Gasteiger partial charge in [0.25, 0.3) is 0 Å². The van der Waals surface area contributed by atoms with E-state index < -0.39 is 0 Å². The maximum Gasteiger partial charge on any atom is 0.0859 e. The first kappa shape index (κ1) is 9.92. The van der Waals surface area contributed by atoms with E-state index in [1.807, 2.05) is 20.8 Å². The first-order valence-corrected chi connectivity index (χ1v) is 3.80. The van der Waals surface area contributed by atoms with Crippen LogP contribution in [0.5, 0.6) is 0 Å². The van der Waals surface area contributed by atoms with Gasteiger partial charge in [-0.05, 0) is 27.2 Å². The molecule has 2 nitrogen and oxygen atoms in total. The Kier molecular flexibility index (Phi) is 3.91. The molecule has 0 aromatic carbocycles.